The molecule has 0 bridgehead atoms. The maximum absolute atomic E-state index is 10.9. The maximum atomic E-state index is 10.9. The zero-order valence-corrected chi connectivity index (χ0v) is 20.6. The Bertz CT molecular complexity index is 1500. The van der Waals surface area contributed by atoms with Gasteiger partial charge in [-0.15, -0.1) is 16.4 Å². The molecule has 0 amide bonds. The van der Waals surface area contributed by atoms with Crippen LogP contribution in [0, 0.1) is 0 Å². The van der Waals surface area contributed by atoms with Crippen LogP contribution in [0.25, 0.3) is 27.4 Å². The molecule has 12 heteroatoms. The lowest BCUT2D eigenvalue weighted by atomic mass is 9.95. The van der Waals surface area contributed by atoms with Crippen LogP contribution in [-0.4, -0.2) is 52.1 Å². The predicted octanol–water partition coefficient (Wildman–Crippen LogP) is 4.25. The number of aliphatic hydroxyl groups is 1. The molecular formula is C23H22N4O6S2. The van der Waals surface area contributed by atoms with Gasteiger partial charge in [-0.05, 0) is 17.4 Å². The minimum Gasteiger partial charge on any atom is -0.496 e. The van der Waals surface area contributed by atoms with Crippen LogP contribution < -0.4 is 14.2 Å². The molecule has 5 heterocycles. The Morgan fingerprint density at radius 1 is 1.17 bits per heavy atom. The fourth-order valence-electron chi connectivity index (χ4n) is 4.03. The largest absolute Gasteiger partial charge is 0.496 e. The molecule has 0 radical (unpaired) electrons. The van der Waals surface area contributed by atoms with E-state index in [1.54, 1.807) is 24.9 Å². The first-order valence-corrected chi connectivity index (χ1v) is 12.6. The average molecular weight is 515 g/mol. The number of rotatable bonds is 7. The van der Waals surface area contributed by atoms with Gasteiger partial charge in [0.05, 0.1) is 31.5 Å². The number of aromatic nitrogens is 4. The van der Waals surface area contributed by atoms with E-state index in [1.165, 1.54) is 22.7 Å². The number of imidazole rings is 1. The molecule has 35 heavy (non-hydrogen) atoms. The molecule has 10 nitrogen and oxygen atoms in total. The van der Waals surface area contributed by atoms with E-state index in [9.17, 15) is 5.11 Å². The normalized spacial score (nSPS) is 15.6. The summed E-state index contributed by atoms with van der Waals surface area (Å²) in [5.41, 5.74) is 1.13. The van der Waals surface area contributed by atoms with Crippen molar-refractivity contribution in [3.8, 4) is 28.1 Å². The summed E-state index contributed by atoms with van der Waals surface area (Å²) in [7, 11) is 3.17. The predicted molar refractivity (Wildman–Crippen MR) is 130 cm³/mol. The summed E-state index contributed by atoms with van der Waals surface area (Å²) in [5.74, 6) is 1.80. The van der Waals surface area contributed by atoms with Crippen LogP contribution in [0.1, 0.15) is 23.5 Å². The molecule has 6 rings (SSSR count). The van der Waals surface area contributed by atoms with Crippen LogP contribution in [0.4, 0.5) is 0 Å². The van der Waals surface area contributed by atoms with Gasteiger partial charge in [-0.2, -0.15) is 4.52 Å². The molecule has 182 valence electrons. The first-order valence-electron chi connectivity index (χ1n) is 10.9. The van der Waals surface area contributed by atoms with Crippen LogP contribution in [0.5, 0.6) is 16.7 Å². The van der Waals surface area contributed by atoms with Gasteiger partial charge in [0.15, 0.2) is 5.76 Å². The van der Waals surface area contributed by atoms with Crippen molar-refractivity contribution in [2.75, 3.05) is 27.4 Å². The van der Waals surface area contributed by atoms with E-state index in [0.29, 0.717) is 69.8 Å². The molecular weight excluding hydrogens is 492 g/mol. The highest BCUT2D eigenvalue weighted by molar-refractivity contribution is 7.18. The number of nitrogens with zero attached hydrogens (tertiary/aromatic N) is 4. The van der Waals surface area contributed by atoms with E-state index in [4.69, 9.17) is 23.4 Å². The summed E-state index contributed by atoms with van der Waals surface area (Å²) in [5, 5.41) is 19.3. The van der Waals surface area contributed by atoms with Crippen LogP contribution >= 0.6 is 22.7 Å². The molecule has 0 aliphatic carbocycles. The summed E-state index contributed by atoms with van der Waals surface area (Å²) >= 11 is 2.79. The molecule has 1 saturated heterocycles. The number of benzene rings is 1. The second-order valence-corrected chi connectivity index (χ2v) is 9.91. The number of ether oxygens (including phenoxy) is 4. The standard InChI is InChI=1S/C23H22N4O6S2/c1-29-14-7-17(32-11-13-12-34-20(25-13)23(28)3-5-31-6-4-23)15-9-19(33-18(15)8-14)16-10-24-21-27(16)26-22(30-2)35-21/h7-10,12,28H,3-6,11H2,1-2H3. The third-order valence-corrected chi connectivity index (χ3v) is 7.92. The maximum Gasteiger partial charge on any atom is 0.294 e. The van der Waals surface area contributed by atoms with E-state index in [1.807, 2.05) is 23.6 Å². The van der Waals surface area contributed by atoms with Crippen molar-refractivity contribution < 1.29 is 28.5 Å². The summed E-state index contributed by atoms with van der Waals surface area (Å²) in [6, 6.07) is 5.53. The van der Waals surface area contributed by atoms with Crippen molar-refractivity contribution in [2.24, 2.45) is 0 Å². The molecule has 4 aromatic heterocycles. The number of hydrogen-bond donors (Lipinski definition) is 1. The van der Waals surface area contributed by atoms with E-state index >= 15 is 0 Å². The second-order valence-electron chi connectivity index (χ2n) is 8.13. The highest BCUT2D eigenvalue weighted by Gasteiger charge is 2.34. The number of fused-ring (bicyclic) bond motifs is 2. The summed E-state index contributed by atoms with van der Waals surface area (Å²) in [6.45, 7) is 1.31. The van der Waals surface area contributed by atoms with Crippen molar-refractivity contribution in [2.45, 2.75) is 25.0 Å². The number of thiazole rings is 1. The fourth-order valence-corrected chi connectivity index (χ4v) is 5.69. The van der Waals surface area contributed by atoms with E-state index in [2.05, 4.69) is 15.1 Å². The molecule has 0 unspecified atom stereocenters. The topological polar surface area (TPSA) is 113 Å². The highest BCUT2D eigenvalue weighted by atomic mass is 32.1. The van der Waals surface area contributed by atoms with Crippen molar-refractivity contribution >= 4 is 38.6 Å². The smallest absolute Gasteiger partial charge is 0.294 e. The monoisotopic (exact) mass is 514 g/mol. The van der Waals surface area contributed by atoms with E-state index in [-0.39, 0.29) is 6.61 Å². The van der Waals surface area contributed by atoms with Gasteiger partial charge in [0, 0.05) is 43.6 Å². The van der Waals surface area contributed by atoms with Crippen LogP contribution in [0.3, 0.4) is 0 Å². The Kier molecular flexibility index (Phi) is 5.60. The average Bonchev–Trinajstić information content (AvgIpc) is 3.65. The first-order chi connectivity index (χ1) is 17.1. The van der Waals surface area contributed by atoms with Crippen molar-refractivity contribution in [3.05, 3.63) is 40.5 Å². The Hall–Kier alpha value is -3.19. The second kappa shape index (κ2) is 8.79. The van der Waals surface area contributed by atoms with Gasteiger partial charge in [0.2, 0.25) is 4.96 Å². The minimum atomic E-state index is -0.932. The first kappa shape index (κ1) is 22.3. The molecule has 5 aromatic rings. The van der Waals surface area contributed by atoms with Crippen molar-refractivity contribution in [1.82, 2.24) is 19.6 Å². The molecule has 1 fully saturated rings. The summed E-state index contributed by atoms with van der Waals surface area (Å²) < 4.78 is 30.1. The molecule has 0 atom stereocenters. The highest BCUT2D eigenvalue weighted by Crippen LogP contribution is 2.39. The lowest BCUT2D eigenvalue weighted by molar-refractivity contribution is -0.0681. The number of hydrogen-bond acceptors (Lipinski definition) is 11. The molecule has 0 saturated carbocycles. The van der Waals surface area contributed by atoms with Crippen LogP contribution in [0.15, 0.2) is 34.2 Å². The van der Waals surface area contributed by atoms with Gasteiger partial charge >= 0.3 is 0 Å². The summed E-state index contributed by atoms with van der Waals surface area (Å²) in [6.07, 6.45) is 2.80. The Balaban J connectivity index is 1.30. The zero-order valence-electron chi connectivity index (χ0n) is 19.0. The third-order valence-electron chi connectivity index (χ3n) is 5.95. The van der Waals surface area contributed by atoms with Crippen molar-refractivity contribution in [3.63, 3.8) is 0 Å². The van der Waals surface area contributed by atoms with Gasteiger partial charge in [-0.1, -0.05) is 0 Å². The SMILES string of the molecule is COc1cc(OCc2csc(C3(O)CCOCC3)n2)c2cc(-c3cnc4sc(OC)nn34)oc2c1. The van der Waals surface area contributed by atoms with Crippen LogP contribution in [-0.2, 0) is 16.9 Å². The lowest BCUT2D eigenvalue weighted by Crippen LogP contribution is -2.33. The molecule has 1 aromatic carbocycles. The Labute approximate surface area is 207 Å². The quantitative estimate of drug-likeness (QED) is 0.340. The molecule has 0 spiro atoms. The minimum absolute atomic E-state index is 0.242. The summed E-state index contributed by atoms with van der Waals surface area (Å²) in [4.78, 5) is 9.74. The van der Waals surface area contributed by atoms with E-state index in [0.717, 1.165) is 11.1 Å². The van der Waals surface area contributed by atoms with Gasteiger partial charge < -0.3 is 28.5 Å². The number of methoxy groups -OCH3 is 2. The van der Waals surface area contributed by atoms with E-state index < -0.39 is 5.60 Å². The lowest BCUT2D eigenvalue weighted by Gasteiger charge is -2.29. The van der Waals surface area contributed by atoms with Crippen molar-refractivity contribution in [1.29, 1.82) is 0 Å². The zero-order chi connectivity index (χ0) is 24.0. The van der Waals surface area contributed by atoms with Crippen LogP contribution in [0.2, 0.25) is 0 Å². The Morgan fingerprint density at radius 2 is 2.03 bits per heavy atom. The molecule has 1 N–H and O–H groups in total. The van der Waals surface area contributed by atoms with Gasteiger partial charge in [0.25, 0.3) is 5.19 Å². The fraction of sp³-hybridized carbons (Fsp3) is 0.348. The Morgan fingerprint density at radius 3 is 2.83 bits per heavy atom. The molecule has 1 aliphatic rings. The number of furan rings is 1. The van der Waals surface area contributed by atoms with Gasteiger partial charge in [0.1, 0.15) is 40.0 Å². The third kappa shape index (κ3) is 4.01. The van der Waals surface area contributed by atoms with Gasteiger partial charge in [-0.3, -0.25) is 0 Å². The molecule has 1 aliphatic heterocycles. The van der Waals surface area contributed by atoms with Gasteiger partial charge in [-0.25, -0.2) is 9.97 Å².